The Morgan fingerprint density at radius 1 is 1.18 bits per heavy atom. The minimum atomic E-state index is -0.544. The number of nitrogens with two attached hydrogens (primary N) is 1. The summed E-state index contributed by atoms with van der Waals surface area (Å²) in [5.41, 5.74) is 6.66. The van der Waals surface area contributed by atoms with Gasteiger partial charge in [-0.15, -0.1) is 0 Å². The Morgan fingerprint density at radius 2 is 1.91 bits per heavy atom. The van der Waals surface area contributed by atoms with E-state index >= 15 is 0 Å². The molecule has 1 unspecified atom stereocenters. The monoisotopic (exact) mass is 298 g/mol. The molecule has 2 aromatic rings. The van der Waals surface area contributed by atoms with Crippen LogP contribution in [-0.4, -0.2) is 47.1 Å². The van der Waals surface area contributed by atoms with E-state index in [1.165, 1.54) is 6.07 Å². The van der Waals surface area contributed by atoms with Gasteiger partial charge in [0.2, 0.25) is 0 Å². The van der Waals surface area contributed by atoms with Crippen LogP contribution in [0.4, 0.5) is 0 Å². The number of ether oxygens (including phenoxy) is 1. The highest BCUT2D eigenvalue weighted by molar-refractivity contribution is 5.90. The van der Waals surface area contributed by atoms with Gasteiger partial charge in [0.05, 0.1) is 19.3 Å². The van der Waals surface area contributed by atoms with Crippen LogP contribution in [0.5, 0.6) is 0 Å². The highest BCUT2D eigenvalue weighted by atomic mass is 16.5. The molecule has 0 bridgehead atoms. The van der Waals surface area contributed by atoms with Gasteiger partial charge in [-0.05, 0) is 11.6 Å². The van der Waals surface area contributed by atoms with Crippen LogP contribution in [0.1, 0.15) is 27.9 Å². The van der Waals surface area contributed by atoms with E-state index in [0.717, 1.165) is 18.7 Å². The highest BCUT2D eigenvalue weighted by Crippen LogP contribution is 2.26. The third kappa shape index (κ3) is 3.13. The Hall–Kier alpha value is -2.31. The number of carbonyl (C=O) groups excluding carboxylic acids is 1. The first-order chi connectivity index (χ1) is 10.8. The zero-order valence-electron chi connectivity index (χ0n) is 12.2. The zero-order chi connectivity index (χ0) is 15.4. The van der Waals surface area contributed by atoms with Crippen LogP contribution in [-0.2, 0) is 4.74 Å². The smallest absolute Gasteiger partial charge is 0.267 e. The molecular formula is C16H18N4O2. The quantitative estimate of drug-likeness (QED) is 0.910. The van der Waals surface area contributed by atoms with Crippen molar-refractivity contribution in [2.75, 3.05) is 26.3 Å². The predicted octanol–water partition coefficient (Wildman–Crippen LogP) is 0.997. The van der Waals surface area contributed by atoms with Gasteiger partial charge in [0, 0.05) is 19.3 Å². The Morgan fingerprint density at radius 3 is 2.59 bits per heavy atom. The van der Waals surface area contributed by atoms with Crippen LogP contribution in [0.15, 0.2) is 42.6 Å². The molecule has 1 atom stereocenters. The number of morpholine rings is 1. The molecule has 0 saturated carbocycles. The summed E-state index contributed by atoms with van der Waals surface area (Å²) < 4.78 is 5.43. The van der Waals surface area contributed by atoms with Gasteiger partial charge >= 0.3 is 0 Å². The van der Waals surface area contributed by atoms with Crippen molar-refractivity contribution in [3.63, 3.8) is 0 Å². The second kappa shape index (κ2) is 6.64. The summed E-state index contributed by atoms with van der Waals surface area (Å²) in [4.78, 5) is 22.4. The summed E-state index contributed by atoms with van der Waals surface area (Å²) in [6.45, 7) is 2.95. The minimum Gasteiger partial charge on any atom is -0.379 e. The molecule has 3 rings (SSSR count). The van der Waals surface area contributed by atoms with Crippen LogP contribution < -0.4 is 5.73 Å². The maximum Gasteiger partial charge on any atom is 0.267 e. The van der Waals surface area contributed by atoms with E-state index in [4.69, 9.17) is 10.5 Å². The maximum atomic E-state index is 11.4. The zero-order valence-corrected chi connectivity index (χ0v) is 12.2. The van der Waals surface area contributed by atoms with Gasteiger partial charge in [-0.2, -0.15) is 0 Å². The predicted molar refractivity (Wildman–Crippen MR) is 81.2 cm³/mol. The first-order valence-electron chi connectivity index (χ1n) is 7.25. The molecule has 0 spiro atoms. The topological polar surface area (TPSA) is 81.3 Å². The van der Waals surface area contributed by atoms with Crippen molar-refractivity contribution in [1.29, 1.82) is 0 Å². The molecule has 1 aliphatic rings. The number of hydrogen-bond acceptors (Lipinski definition) is 5. The van der Waals surface area contributed by atoms with Gasteiger partial charge in [0.15, 0.2) is 5.82 Å². The molecule has 22 heavy (non-hydrogen) atoms. The second-order valence-corrected chi connectivity index (χ2v) is 5.13. The molecule has 2 heterocycles. The third-order valence-corrected chi connectivity index (χ3v) is 3.70. The van der Waals surface area contributed by atoms with Crippen molar-refractivity contribution in [3.05, 3.63) is 59.7 Å². The summed E-state index contributed by atoms with van der Waals surface area (Å²) in [6, 6.07) is 11.5. The summed E-state index contributed by atoms with van der Waals surface area (Å²) in [5, 5.41) is 0. The normalized spacial score (nSPS) is 17.1. The second-order valence-electron chi connectivity index (χ2n) is 5.13. The van der Waals surface area contributed by atoms with Crippen molar-refractivity contribution in [2.24, 2.45) is 5.73 Å². The van der Waals surface area contributed by atoms with Crippen molar-refractivity contribution < 1.29 is 9.53 Å². The lowest BCUT2D eigenvalue weighted by Gasteiger charge is -2.33. The lowest BCUT2D eigenvalue weighted by Crippen LogP contribution is -2.40. The van der Waals surface area contributed by atoms with Gasteiger partial charge in [-0.1, -0.05) is 30.3 Å². The molecule has 114 valence electrons. The van der Waals surface area contributed by atoms with Crippen LogP contribution in [0.2, 0.25) is 0 Å². The van der Waals surface area contributed by atoms with Crippen molar-refractivity contribution in [1.82, 2.24) is 14.9 Å². The molecule has 0 radical (unpaired) electrons. The average molecular weight is 298 g/mol. The number of rotatable bonds is 4. The van der Waals surface area contributed by atoms with E-state index in [0.29, 0.717) is 19.0 Å². The maximum absolute atomic E-state index is 11.4. The van der Waals surface area contributed by atoms with E-state index in [9.17, 15) is 4.79 Å². The summed E-state index contributed by atoms with van der Waals surface area (Å²) in [5.74, 6) is 0.0434. The van der Waals surface area contributed by atoms with Gasteiger partial charge < -0.3 is 10.5 Å². The van der Waals surface area contributed by atoms with E-state index in [1.807, 2.05) is 30.3 Å². The molecule has 1 saturated heterocycles. The molecule has 1 aromatic heterocycles. The molecule has 1 amide bonds. The van der Waals surface area contributed by atoms with E-state index in [1.54, 1.807) is 6.20 Å². The SMILES string of the molecule is NC(=O)c1ccnc(C(c2ccccc2)N2CCOCC2)n1. The minimum absolute atomic E-state index is 0.107. The number of primary amides is 1. The summed E-state index contributed by atoms with van der Waals surface area (Å²) in [6.07, 6.45) is 1.58. The first-order valence-corrected chi connectivity index (χ1v) is 7.25. The number of amides is 1. The Bertz CT molecular complexity index is 642. The van der Waals surface area contributed by atoms with E-state index in [-0.39, 0.29) is 11.7 Å². The first kappa shape index (κ1) is 14.6. The van der Waals surface area contributed by atoms with Gasteiger partial charge in [-0.25, -0.2) is 9.97 Å². The van der Waals surface area contributed by atoms with Gasteiger partial charge in [0.1, 0.15) is 5.69 Å². The molecule has 6 nitrogen and oxygen atoms in total. The number of nitrogens with zero attached hydrogens (tertiary/aromatic N) is 3. The average Bonchev–Trinajstić information content (AvgIpc) is 2.57. The summed E-state index contributed by atoms with van der Waals surface area (Å²) in [7, 11) is 0. The Kier molecular flexibility index (Phi) is 4.41. The Labute approximate surface area is 128 Å². The van der Waals surface area contributed by atoms with Crippen molar-refractivity contribution in [3.8, 4) is 0 Å². The van der Waals surface area contributed by atoms with Gasteiger partial charge in [0.25, 0.3) is 5.91 Å². The van der Waals surface area contributed by atoms with Crippen LogP contribution in [0.3, 0.4) is 0 Å². The number of carbonyl (C=O) groups is 1. The van der Waals surface area contributed by atoms with Crippen molar-refractivity contribution in [2.45, 2.75) is 6.04 Å². The van der Waals surface area contributed by atoms with Crippen LogP contribution >= 0.6 is 0 Å². The molecule has 6 heteroatoms. The van der Waals surface area contributed by atoms with Crippen molar-refractivity contribution >= 4 is 5.91 Å². The molecule has 1 aromatic carbocycles. The fourth-order valence-electron chi connectivity index (χ4n) is 2.64. The number of aromatic nitrogens is 2. The molecule has 1 fully saturated rings. The largest absolute Gasteiger partial charge is 0.379 e. The lowest BCUT2D eigenvalue weighted by molar-refractivity contribution is 0.0224. The molecule has 2 N–H and O–H groups in total. The molecular weight excluding hydrogens is 280 g/mol. The third-order valence-electron chi connectivity index (χ3n) is 3.70. The fourth-order valence-corrected chi connectivity index (χ4v) is 2.64. The molecule has 0 aliphatic carbocycles. The van der Waals surface area contributed by atoms with Crippen LogP contribution in [0.25, 0.3) is 0 Å². The molecule has 1 aliphatic heterocycles. The highest BCUT2D eigenvalue weighted by Gasteiger charge is 2.26. The fraction of sp³-hybridized carbons (Fsp3) is 0.312. The van der Waals surface area contributed by atoms with E-state index < -0.39 is 5.91 Å². The lowest BCUT2D eigenvalue weighted by atomic mass is 10.0. The van der Waals surface area contributed by atoms with Gasteiger partial charge in [-0.3, -0.25) is 9.69 Å². The summed E-state index contributed by atoms with van der Waals surface area (Å²) >= 11 is 0. The number of benzene rings is 1. The Balaban J connectivity index is 2.01. The standard InChI is InChI=1S/C16H18N4O2/c17-15(21)13-6-7-18-16(19-13)14(12-4-2-1-3-5-12)20-8-10-22-11-9-20/h1-7,14H,8-11H2,(H2,17,21). The van der Waals surface area contributed by atoms with Crippen LogP contribution in [0, 0.1) is 0 Å². The van der Waals surface area contributed by atoms with E-state index in [2.05, 4.69) is 14.9 Å². The number of hydrogen-bond donors (Lipinski definition) is 1.